The van der Waals surface area contributed by atoms with Crippen molar-refractivity contribution >= 4 is 11.6 Å². The third-order valence-corrected chi connectivity index (χ3v) is 4.72. The molecule has 2 N–H and O–H groups in total. The highest BCUT2D eigenvalue weighted by atomic mass is 16.1. The molecule has 3 rings (SSSR count). The average molecular weight is 358 g/mol. The molecule has 0 aliphatic carbocycles. The van der Waals surface area contributed by atoms with Crippen LogP contribution >= 0.6 is 0 Å². The zero-order valence-electron chi connectivity index (χ0n) is 16.0. The van der Waals surface area contributed by atoms with Crippen LogP contribution in [0.3, 0.4) is 0 Å². The molecule has 3 aromatic carbocycles. The van der Waals surface area contributed by atoms with Crippen LogP contribution in [0, 0.1) is 13.8 Å². The van der Waals surface area contributed by atoms with E-state index in [1.165, 1.54) is 16.7 Å². The quantitative estimate of drug-likeness (QED) is 0.638. The number of carbonyl (C=O) groups is 1. The van der Waals surface area contributed by atoms with E-state index in [-0.39, 0.29) is 5.91 Å². The number of amides is 1. The van der Waals surface area contributed by atoms with Crippen molar-refractivity contribution in [2.24, 2.45) is 0 Å². The molecule has 0 aliphatic heterocycles. The molecule has 27 heavy (non-hydrogen) atoms. The summed E-state index contributed by atoms with van der Waals surface area (Å²) < 4.78 is 0. The van der Waals surface area contributed by atoms with Crippen molar-refractivity contribution in [3.63, 3.8) is 0 Å². The Bertz CT molecular complexity index is 886. The second-order valence-electron chi connectivity index (χ2n) is 6.91. The van der Waals surface area contributed by atoms with Crippen LogP contribution in [0.1, 0.15) is 27.8 Å². The molecule has 0 aromatic heterocycles. The summed E-state index contributed by atoms with van der Waals surface area (Å²) in [5.41, 5.74) is 7.07. The summed E-state index contributed by atoms with van der Waals surface area (Å²) in [4.78, 5) is 12.1. The van der Waals surface area contributed by atoms with Crippen LogP contribution in [0.4, 0.5) is 5.69 Å². The van der Waals surface area contributed by atoms with Gasteiger partial charge in [0.2, 0.25) is 5.91 Å². The van der Waals surface area contributed by atoms with E-state index in [4.69, 9.17) is 0 Å². The van der Waals surface area contributed by atoms with Crippen molar-refractivity contribution < 1.29 is 4.79 Å². The number of benzene rings is 3. The Hall–Kier alpha value is -3.07. The van der Waals surface area contributed by atoms with E-state index in [1.807, 2.05) is 54.6 Å². The molecular weight excluding hydrogens is 332 g/mol. The van der Waals surface area contributed by atoms with Gasteiger partial charge in [0.05, 0.1) is 6.42 Å². The van der Waals surface area contributed by atoms with E-state index in [9.17, 15) is 4.79 Å². The maximum Gasteiger partial charge on any atom is 0.224 e. The second-order valence-corrected chi connectivity index (χ2v) is 6.91. The predicted octanol–water partition coefficient (Wildman–Crippen LogP) is 4.77. The topological polar surface area (TPSA) is 41.1 Å². The fourth-order valence-electron chi connectivity index (χ4n) is 2.90. The summed E-state index contributed by atoms with van der Waals surface area (Å²) in [6, 6.07) is 24.5. The van der Waals surface area contributed by atoms with Gasteiger partial charge in [0.15, 0.2) is 0 Å². The van der Waals surface area contributed by atoms with Crippen LogP contribution in [0.5, 0.6) is 0 Å². The molecule has 0 saturated carbocycles. The smallest absolute Gasteiger partial charge is 0.224 e. The molecule has 0 aliphatic rings. The van der Waals surface area contributed by atoms with Gasteiger partial charge in [-0.3, -0.25) is 4.79 Å². The van der Waals surface area contributed by atoms with Gasteiger partial charge in [-0.15, -0.1) is 0 Å². The summed E-state index contributed by atoms with van der Waals surface area (Å²) in [7, 11) is 0. The summed E-state index contributed by atoms with van der Waals surface area (Å²) in [5, 5.41) is 6.40. The third-order valence-electron chi connectivity index (χ3n) is 4.72. The molecule has 0 bridgehead atoms. The summed E-state index contributed by atoms with van der Waals surface area (Å²) in [5.74, 6) is 0.0368. The zero-order valence-corrected chi connectivity index (χ0v) is 16.0. The van der Waals surface area contributed by atoms with Gasteiger partial charge in [0, 0.05) is 18.8 Å². The second kappa shape index (κ2) is 9.04. The van der Waals surface area contributed by atoms with E-state index < -0.39 is 0 Å². The summed E-state index contributed by atoms with van der Waals surface area (Å²) in [6.45, 7) is 5.62. The number of nitrogens with one attached hydrogen (secondary N) is 2. The Balaban J connectivity index is 1.47. The molecule has 138 valence electrons. The largest absolute Gasteiger partial charge is 0.381 e. The Labute approximate surface area is 161 Å². The zero-order chi connectivity index (χ0) is 19.1. The fraction of sp³-hybridized carbons (Fsp3) is 0.208. The molecule has 3 nitrogen and oxygen atoms in total. The fourth-order valence-corrected chi connectivity index (χ4v) is 2.90. The predicted molar refractivity (Wildman–Crippen MR) is 112 cm³/mol. The highest BCUT2D eigenvalue weighted by Crippen LogP contribution is 2.14. The maximum absolute atomic E-state index is 12.1. The Morgan fingerprint density at radius 3 is 2.15 bits per heavy atom. The Morgan fingerprint density at radius 1 is 0.741 bits per heavy atom. The van der Waals surface area contributed by atoms with Gasteiger partial charge >= 0.3 is 0 Å². The Morgan fingerprint density at radius 2 is 1.44 bits per heavy atom. The van der Waals surface area contributed by atoms with Gasteiger partial charge in [-0.1, -0.05) is 60.7 Å². The number of aryl methyl sites for hydroxylation is 2. The number of carbonyl (C=O) groups excluding carboxylic acids is 1. The first-order valence-electron chi connectivity index (χ1n) is 9.30. The van der Waals surface area contributed by atoms with Crippen LogP contribution in [0.15, 0.2) is 72.8 Å². The van der Waals surface area contributed by atoms with Crippen molar-refractivity contribution in [1.29, 1.82) is 0 Å². The van der Waals surface area contributed by atoms with E-state index in [0.29, 0.717) is 13.0 Å². The molecule has 3 aromatic rings. The van der Waals surface area contributed by atoms with Gasteiger partial charge in [-0.25, -0.2) is 0 Å². The number of anilines is 1. The highest BCUT2D eigenvalue weighted by molar-refractivity contribution is 5.78. The molecule has 0 heterocycles. The van der Waals surface area contributed by atoms with E-state index >= 15 is 0 Å². The first kappa shape index (κ1) is 18.7. The standard InChI is InChI=1S/C24H26N2O/c1-18-8-9-22(14-19(18)2)17-25-23-12-10-20(11-13-23)15-24(27)26-16-21-6-4-3-5-7-21/h3-14,25H,15-17H2,1-2H3,(H,26,27). The van der Waals surface area contributed by atoms with Crippen molar-refractivity contribution in [1.82, 2.24) is 5.32 Å². The summed E-state index contributed by atoms with van der Waals surface area (Å²) in [6.07, 6.45) is 0.393. The molecule has 0 saturated heterocycles. The monoisotopic (exact) mass is 358 g/mol. The van der Waals surface area contributed by atoms with Gasteiger partial charge in [-0.05, 0) is 53.8 Å². The molecular formula is C24H26N2O. The SMILES string of the molecule is Cc1ccc(CNc2ccc(CC(=O)NCc3ccccc3)cc2)cc1C. The molecule has 3 heteroatoms. The van der Waals surface area contributed by atoms with E-state index in [2.05, 4.69) is 42.7 Å². The van der Waals surface area contributed by atoms with Gasteiger partial charge in [0.25, 0.3) is 0 Å². The minimum absolute atomic E-state index is 0.0368. The Kier molecular flexibility index (Phi) is 6.26. The highest BCUT2D eigenvalue weighted by Gasteiger charge is 2.04. The lowest BCUT2D eigenvalue weighted by Crippen LogP contribution is -2.24. The van der Waals surface area contributed by atoms with Crippen LogP contribution in [0.2, 0.25) is 0 Å². The van der Waals surface area contributed by atoms with E-state index in [0.717, 1.165) is 23.4 Å². The van der Waals surface area contributed by atoms with E-state index in [1.54, 1.807) is 0 Å². The van der Waals surface area contributed by atoms with Crippen molar-refractivity contribution in [2.45, 2.75) is 33.4 Å². The molecule has 0 fully saturated rings. The minimum atomic E-state index is 0.0368. The molecule has 0 spiro atoms. The molecule has 0 unspecified atom stereocenters. The van der Waals surface area contributed by atoms with Crippen LogP contribution in [0.25, 0.3) is 0 Å². The maximum atomic E-state index is 12.1. The normalized spacial score (nSPS) is 10.4. The lowest BCUT2D eigenvalue weighted by Gasteiger charge is -2.10. The lowest BCUT2D eigenvalue weighted by atomic mass is 10.1. The first-order chi connectivity index (χ1) is 13.1. The van der Waals surface area contributed by atoms with Crippen molar-refractivity contribution in [3.8, 4) is 0 Å². The number of hydrogen-bond donors (Lipinski definition) is 2. The van der Waals surface area contributed by atoms with Crippen LogP contribution in [-0.2, 0) is 24.3 Å². The third kappa shape index (κ3) is 5.71. The first-order valence-corrected chi connectivity index (χ1v) is 9.30. The molecule has 0 radical (unpaired) electrons. The number of rotatable bonds is 7. The summed E-state index contributed by atoms with van der Waals surface area (Å²) >= 11 is 0. The molecule has 0 atom stereocenters. The van der Waals surface area contributed by atoms with Crippen LogP contribution in [-0.4, -0.2) is 5.91 Å². The number of hydrogen-bond acceptors (Lipinski definition) is 2. The van der Waals surface area contributed by atoms with Gasteiger partial charge in [-0.2, -0.15) is 0 Å². The van der Waals surface area contributed by atoms with Crippen molar-refractivity contribution in [3.05, 3.63) is 101 Å². The van der Waals surface area contributed by atoms with Gasteiger partial charge in [0.1, 0.15) is 0 Å². The van der Waals surface area contributed by atoms with Gasteiger partial charge < -0.3 is 10.6 Å². The van der Waals surface area contributed by atoms with Crippen LogP contribution < -0.4 is 10.6 Å². The lowest BCUT2D eigenvalue weighted by molar-refractivity contribution is -0.120. The van der Waals surface area contributed by atoms with Crippen molar-refractivity contribution in [2.75, 3.05) is 5.32 Å². The average Bonchev–Trinajstić information content (AvgIpc) is 2.69. The minimum Gasteiger partial charge on any atom is -0.381 e. The molecule has 1 amide bonds.